The Bertz CT molecular complexity index is 514. The van der Waals surface area contributed by atoms with Crippen molar-refractivity contribution < 1.29 is 14.0 Å². The molecule has 24 heavy (non-hydrogen) atoms. The summed E-state index contributed by atoms with van der Waals surface area (Å²) >= 11 is 0. The van der Waals surface area contributed by atoms with Gasteiger partial charge in [-0.05, 0) is 44.9 Å². The van der Waals surface area contributed by atoms with Gasteiger partial charge in [-0.3, -0.25) is 0 Å². The van der Waals surface area contributed by atoms with E-state index in [1.807, 2.05) is 17.1 Å². The van der Waals surface area contributed by atoms with Gasteiger partial charge in [0.05, 0.1) is 11.2 Å². The SMILES string of the molecule is CCC1(CC)OB(c2cnn(C3CCCCO3)c2)OC1(CC)CC. The maximum Gasteiger partial charge on any atom is 0.498 e. The fourth-order valence-electron chi connectivity index (χ4n) is 4.47. The molecule has 3 heterocycles. The second-order valence-electron chi connectivity index (χ2n) is 7.05. The van der Waals surface area contributed by atoms with Crippen LogP contribution in [0.25, 0.3) is 0 Å². The molecule has 134 valence electrons. The molecule has 2 fully saturated rings. The van der Waals surface area contributed by atoms with Crippen molar-refractivity contribution in [2.45, 2.75) is 90.1 Å². The maximum atomic E-state index is 6.52. The Balaban J connectivity index is 1.82. The molecule has 1 aromatic rings. The summed E-state index contributed by atoms with van der Waals surface area (Å²) in [7, 11) is -0.331. The number of hydrogen-bond donors (Lipinski definition) is 0. The molecule has 1 aromatic heterocycles. The van der Waals surface area contributed by atoms with Gasteiger partial charge in [-0.15, -0.1) is 0 Å². The molecular formula is C18H31BN2O3. The molecule has 0 bridgehead atoms. The van der Waals surface area contributed by atoms with Gasteiger partial charge < -0.3 is 14.0 Å². The predicted octanol–water partition coefficient (Wildman–Crippen LogP) is 3.44. The minimum absolute atomic E-state index is 0.0538. The van der Waals surface area contributed by atoms with Gasteiger partial charge in [-0.1, -0.05) is 27.7 Å². The first-order chi connectivity index (χ1) is 11.6. The third-order valence-electron chi connectivity index (χ3n) is 6.12. The summed E-state index contributed by atoms with van der Waals surface area (Å²) in [5.74, 6) is 0. The van der Waals surface area contributed by atoms with E-state index in [-0.39, 0.29) is 24.5 Å². The van der Waals surface area contributed by atoms with Crippen LogP contribution in [0.2, 0.25) is 0 Å². The van der Waals surface area contributed by atoms with E-state index >= 15 is 0 Å². The van der Waals surface area contributed by atoms with E-state index in [2.05, 4.69) is 32.8 Å². The molecule has 0 spiro atoms. The van der Waals surface area contributed by atoms with Gasteiger partial charge in [0.15, 0.2) is 0 Å². The highest BCUT2D eigenvalue weighted by Crippen LogP contribution is 2.46. The van der Waals surface area contributed by atoms with Crippen LogP contribution < -0.4 is 5.46 Å². The van der Waals surface area contributed by atoms with Gasteiger partial charge in [0.2, 0.25) is 0 Å². The van der Waals surface area contributed by atoms with Crippen molar-refractivity contribution in [2.75, 3.05) is 6.61 Å². The highest BCUT2D eigenvalue weighted by Gasteiger charge is 2.58. The van der Waals surface area contributed by atoms with Crippen LogP contribution >= 0.6 is 0 Å². The van der Waals surface area contributed by atoms with Gasteiger partial charge in [0.1, 0.15) is 6.23 Å². The molecule has 2 aliphatic heterocycles. The summed E-state index contributed by atoms with van der Waals surface area (Å²) in [4.78, 5) is 0. The van der Waals surface area contributed by atoms with Crippen molar-refractivity contribution in [3.8, 4) is 0 Å². The highest BCUT2D eigenvalue weighted by atomic mass is 16.7. The number of hydrogen-bond acceptors (Lipinski definition) is 4. The maximum absolute atomic E-state index is 6.52. The summed E-state index contributed by atoms with van der Waals surface area (Å²) in [5.41, 5.74) is 0.564. The fraction of sp³-hybridized carbons (Fsp3) is 0.833. The lowest BCUT2D eigenvalue weighted by Crippen LogP contribution is -2.50. The van der Waals surface area contributed by atoms with E-state index in [1.54, 1.807) is 0 Å². The molecule has 2 aliphatic rings. The van der Waals surface area contributed by atoms with E-state index in [1.165, 1.54) is 6.42 Å². The van der Waals surface area contributed by atoms with Crippen molar-refractivity contribution in [2.24, 2.45) is 0 Å². The Morgan fingerprint density at radius 2 is 1.71 bits per heavy atom. The second kappa shape index (κ2) is 7.18. The third-order valence-corrected chi connectivity index (χ3v) is 6.12. The quantitative estimate of drug-likeness (QED) is 0.748. The van der Waals surface area contributed by atoms with Crippen LogP contribution in [0.3, 0.4) is 0 Å². The van der Waals surface area contributed by atoms with Crippen molar-refractivity contribution in [3.63, 3.8) is 0 Å². The average Bonchev–Trinajstić information content (AvgIpc) is 3.26. The molecule has 0 N–H and O–H groups in total. The van der Waals surface area contributed by atoms with Gasteiger partial charge in [-0.25, -0.2) is 4.68 Å². The summed E-state index contributed by atoms with van der Waals surface area (Å²) in [6.07, 6.45) is 11.2. The first-order valence-corrected chi connectivity index (χ1v) is 9.65. The summed E-state index contributed by atoms with van der Waals surface area (Å²) in [6.45, 7) is 9.63. The summed E-state index contributed by atoms with van der Waals surface area (Å²) in [6, 6.07) is 0. The van der Waals surface area contributed by atoms with Crippen LogP contribution in [-0.2, 0) is 14.0 Å². The molecule has 0 saturated carbocycles. The van der Waals surface area contributed by atoms with E-state index < -0.39 is 0 Å². The summed E-state index contributed by atoms with van der Waals surface area (Å²) < 4.78 is 20.8. The largest absolute Gasteiger partial charge is 0.498 e. The van der Waals surface area contributed by atoms with E-state index in [9.17, 15) is 0 Å². The molecule has 0 amide bonds. The molecule has 0 aliphatic carbocycles. The molecule has 0 aromatic carbocycles. The monoisotopic (exact) mass is 334 g/mol. The molecule has 2 saturated heterocycles. The second-order valence-corrected chi connectivity index (χ2v) is 7.05. The number of nitrogens with zero attached hydrogens (tertiary/aromatic N) is 2. The van der Waals surface area contributed by atoms with Crippen LogP contribution in [0.1, 0.15) is 78.9 Å². The summed E-state index contributed by atoms with van der Waals surface area (Å²) in [5, 5.41) is 4.51. The van der Waals surface area contributed by atoms with Gasteiger partial charge in [0.25, 0.3) is 0 Å². The van der Waals surface area contributed by atoms with Crippen LogP contribution in [0.5, 0.6) is 0 Å². The first-order valence-electron chi connectivity index (χ1n) is 9.65. The molecule has 5 nitrogen and oxygen atoms in total. The van der Waals surface area contributed by atoms with E-state index in [0.717, 1.165) is 50.6 Å². The Hall–Kier alpha value is -0.845. The van der Waals surface area contributed by atoms with Crippen molar-refractivity contribution in [1.29, 1.82) is 0 Å². The Labute approximate surface area is 146 Å². The van der Waals surface area contributed by atoms with Gasteiger partial charge in [0, 0.05) is 24.5 Å². The first kappa shape index (κ1) is 18.0. The van der Waals surface area contributed by atoms with Gasteiger partial charge in [-0.2, -0.15) is 5.10 Å². The van der Waals surface area contributed by atoms with Crippen molar-refractivity contribution in [3.05, 3.63) is 12.4 Å². The normalized spacial score (nSPS) is 26.0. The van der Waals surface area contributed by atoms with E-state index in [0.29, 0.717) is 0 Å². The lowest BCUT2D eigenvalue weighted by atomic mass is 9.75. The minimum Gasteiger partial charge on any atom is -0.399 e. The number of ether oxygens (including phenoxy) is 1. The topological polar surface area (TPSA) is 45.5 Å². The molecule has 6 heteroatoms. The average molecular weight is 334 g/mol. The van der Waals surface area contributed by atoms with Crippen LogP contribution in [0, 0.1) is 0 Å². The molecule has 0 radical (unpaired) electrons. The lowest BCUT2D eigenvalue weighted by molar-refractivity contribution is -0.0601. The predicted molar refractivity (Wildman–Crippen MR) is 95.3 cm³/mol. The zero-order valence-corrected chi connectivity index (χ0v) is 15.6. The number of aromatic nitrogens is 2. The van der Waals surface area contributed by atoms with Crippen LogP contribution in [0.15, 0.2) is 12.4 Å². The fourth-order valence-corrected chi connectivity index (χ4v) is 4.47. The zero-order valence-electron chi connectivity index (χ0n) is 15.6. The number of rotatable bonds is 6. The van der Waals surface area contributed by atoms with Crippen LogP contribution in [-0.4, -0.2) is 34.7 Å². The smallest absolute Gasteiger partial charge is 0.399 e. The van der Waals surface area contributed by atoms with Gasteiger partial charge >= 0.3 is 7.12 Å². The van der Waals surface area contributed by atoms with Crippen molar-refractivity contribution in [1.82, 2.24) is 9.78 Å². The third kappa shape index (κ3) is 2.82. The minimum atomic E-state index is -0.331. The Morgan fingerprint density at radius 1 is 1.08 bits per heavy atom. The standard InChI is InChI=1S/C18H31BN2O3/c1-5-17(6-2)18(7-3,8-4)24-19(23-17)15-13-20-21(14-15)16-11-9-10-12-22-16/h13-14,16H,5-12H2,1-4H3. The molecule has 1 atom stereocenters. The molecule has 1 unspecified atom stereocenters. The molecule has 3 rings (SSSR count). The van der Waals surface area contributed by atoms with Crippen LogP contribution in [0.4, 0.5) is 0 Å². The lowest BCUT2D eigenvalue weighted by Gasteiger charge is -2.42. The van der Waals surface area contributed by atoms with E-state index in [4.69, 9.17) is 14.0 Å². The highest BCUT2D eigenvalue weighted by molar-refractivity contribution is 6.62. The Kier molecular flexibility index (Phi) is 5.38. The Morgan fingerprint density at radius 3 is 2.21 bits per heavy atom. The molecular weight excluding hydrogens is 303 g/mol. The zero-order chi connectivity index (χ0) is 17.2. The van der Waals surface area contributed by atoms with Crippen molar-refractivity contribution >= 4 is 12.6 Å².